The molecular weight excluding hydrogens is 280 g/mol. The minimum Gasteiger partial charge on any atom is -0.462 e. The first-order chi connectivity index (χ1) is 10.4. The fourth-order valence-corrected chi connectivity index (χ4v) is 4.36. The average molecular weight is 302 g/mol. The predicted molar refractivity (Wildman–Crippen MR) is 79.8 cm³/mol. The lowest BCUT2D eigenvalue weighted by molar-refractivity contribution is -0.144. The van der Waals surface area contributed by atoms with E-state index in [0.29, 0.717) is 17.3 Å². The molecular formula is C18H22O4. The highest BCUT2D eigenvalue weighted by Crippen LogP contribution is 2.50. The lowest BCUT2D eigenvalue weighted by atomic mass is 9.68. The predicted octanol–water partition coefficient (Wildman–Crippen LogP) is 2.93. The third kappa shape index (κ3) is 1.73. The maximum atomic E-state index is 12.9. The fraction of sp³-hybridized carbons (Fsp3) is 0.667. The van der Waals surface area contributed by atoms with Gasteiger partial charge < -0.3 is 9.47 Å². The highest BCUT2D eigenvalue weighted by Gasteiger charge is 2.57. The molecule has 1 saturated heterocycles. The minimum atomic E-state index is -0.982. The van der Waals surface area contributed by atoms with Crippen LogP contribution in [0.5, 0.6) is 0 Å². The molecule has 4 unspecified atom stereocenters. The van der Waals surface area contributed by atoms with Gasteiger partial charge in [0.25, 0.3) is 0 Å². The van der Waals surface area contributed by atoms with Gasteiger partial charge in [0.2, 0.25) is 0 Å². The van der Waals surface area contributed by atoms with Crippen LogP contribution < -0.4 is 0 Å². The van der Waals surface area contributed by atoms with E-state index in [1.807, 2.05) is 0 Å². The fourth-order valence-electron chi connectivity index (χ4n) is 4.36. The van der Waals surface area contributed by atoms with Gasteiger partial charge in [-0.3, -0.25) is 9.59 Å². The molecule has 4 nitrogen and oxygen atoms in total. The van der Waals surface area contributed by atoms with Gasteiger partial charge in [-0.25, -0.2) is 0 Å². The van der Waals surface area contributed by atoms with Crippen molar-refractivity contribution in [3.8, 4) is 0 Å². The van der Waals surface area contributed by atoms with Crippen LogP contribution >= 0.6 is 0 Å². The van der Waals surface area contributed by atoms with Crippen LogP contribution in [0, 0.1) is 17.3 Å². The van der Waals surface area contributed by atoms with Crippen molar-refractivity contribution in [2.24, 2.45) is 17.3 Å². The first kappa shape index (κ1) is 14.2. The SMILES string of the molecule is CC1=C2OC3=CC4CCCCC4OC3C2C(=O)C(C)(C)C1=O. The van der Waals surface area contributed by atoms with Crippen LogP contribution in [0.2, 0.25) is 0 Å². The second-order valence-electron chi connectivity index (χ2n) is 7.50. The highest BCUT2D eigenvalue weighted by molar-refractivity contribution is 6.18. The number of carbonyl (C=O) groups excluding carboxylic acids is 2. The summed E-state index contributed by atoms with van der Waals surface area (Å²) in [7, 11) is 0. The van der Waals surface area contributed by atoms with Crippen LogP contribution in [0.15, 0.2) is 23.2 Å². The number of hydrogen-bond donors (Lipinski definition) is 0. The monoisotopic (exact) mass is 302 g/mol. The van der Waals surface area contributed by atoms with Crippen LogP contribution in [-0.2, 0) is 19.1 Å². The molecule has 4 rings (SSSR count). The van der Waals surface area contributed by atoms with Crippen LogP contribution in [-0.4, -0.2) is 23.8 Å². The number of hydrogen-bond acceptors (Lipinski definition) is 4. The maximum absolute atomic E-state index is 12.9. The molecule has 0 bridgehead atoms. The zero-order valence-electron chi connectivity index (χ0n) is 13.3. The summed E-state index contributed by atoms with van der Waals surface area (Å²) in [6.07, 6.45) is 6.58. The number of Topliss-reactive ketones (excluding diaryl/α,β-unsaturated/α-hetero) is 2. The molecule has 0 aromatic rings. The molecule has 0 N–H and O–H groups in total. The summed E-state index contributed by atoms with van der Waals surface area (Å²) in [5, 5.41) is 0. The smallest absolute Gasteiger partial charge is 0.174 e. The van der Waals surface area contributed by atoms with E-state index in [0.717, 1.165) is 18.6 Å². The summed E-state index contributed by atoms with van der Waals surface area (Å²) in [4.78, 5) is 25.3. The number of rotatable bonds is 0. The van der Waals surface area contributed by atoms with Gasteiger partial charge in [-0.15, -0.1) is 0 Å². The number of allylic oxidation sites excluding steroid dienone is 1. The molecule has 0 spiro atoms. The normalized spacial score (nSPS) is 39.7. The third-order valence-corrected chi connectivity index (χ3v) is 5.72. The van der Waals surface area contributed by atoms with Crippen molar-refractivity contribution in [1.82, 2.24) is 0 Å². The van der Waals surface area contributed by atoms with Crippen LogP contribution in [0.4, 0.5) is 0 Å². The number of ketones is 2. The Morgan fingerprint density at radius 2 is 1.91 bits per heavy atom. The van der Waals surface area contributed by atoms with E-state index < -0.39 is 11.3 Å². The molecule has 2 fully saturated rings. The molecule has 4 aliphatic rings. The van der Waals surface area contributed by atoms with Gasteiger partial charge in [0.05, 0.1) is 11.5 Å². The summed E-state index contributed by atoms with van der Waals surface area (Å²) >= 11 is 0. The van der Waals surface area contributed by atoms with E-state index in [-0.39, 0.29) is 23.8 Å². The molecule has 2 aliphatic heterocycles. The number of fused-ring (bicyclic) bond motifs is 4. The Labute approximate surface area is 130 Å². The molecule has 0 aromatic heterocycles. The summed E-state index contributed by atoms with van der Waals surface area (Å²) in [6.45, 7) is 5.20. The van der Waals surface area contributed by atoms with Gasteiger partial charge in [-0.2, -0.15) is 0 Å². The van der Waals surface area contributed by atoms with Crippen LogP contribution in [0.25, 0.3) is 0 Å². The molecule has 0 aromatic carbocycles. The molecule has 4 heteroatoms. The Hall–Kier alpha value is -1.42. The molecule has 0 amide bonds. The molecule has 118 valence electrons. The van der Waals surface area contributed by atoms with Crippen molar-refractivity contribution in [2.45, 2.75) is 58.7 Å². The largest absolute Gasteiger partial charge is 0.462 e. The highest BCUT2D eigenvalue weighted by atomic mass is 16.6. The summed E-state index contributed by atoms with van der Waals surface area (Å²) in [5.41, 5.74) is -0.402. The molecule has 4 atom stereocenters. The van der Waals surface area contributed by atoms with Gasteiger partial charge in [-0.1, -0.05) is 12.8 Å². The van der Waals surface area contributed by atoms with E-state index >= 15 is 0 Å². The van der Waals surface area contributed by atoms with Crippen molar-refractivity contribution in [2.75, 3.05) is 0 Å². The second kappa shape index (κ2) is 4.54. The Morgan fingerprint density at radius 3 is 2.68 bits per heavy atom. The Bertz CT molecular complexity index is 625. The van der Waals surface area contributed by atoms with E-state index in [9.17, 15) is 9.59 Å². The van der Waals surface area contributed by atoms with Crippen LogP contribution in [0.3, 0.4) is 0 Å². The average Bonchev–Trinajstić information content (AvgIpc) is 2.87. The first-order valence-corrected chi connectivity index (χ1v) is 8.26. The summed E-state index contributed by atoms with van der Waals surface area (Å²) in [6, 6.07) is 0. The topological polar surface area (TPSA) is 52.6 Å². The van der Waals surface area contributed by atoms with E-state index in [1.165, 1.54) is 12.8 Å². The van der Waals surface area contributed by atoms with Crippen molar-refractivity contribution in [1.29, 1.82) is 0 Å². The van der Waals surface area contributed by atoms with Crippen molar-refractivity contribution >= 4 is 11.6 Å². The lowest BCUT2D eigenvalue weighted by Gasteiger charge is -2.38. The molecule has 2 heterocycles. The third-order valence-electron chi connectivity index (χ3n) is 5.72. The summed E-state index contributed by atoms with van der Waals surface area (Å²) in [5.74, 6) is 1.04. The first-order valence-electron chi connectivity index (χ1n) is 8.26. The van der Waals surface area contributed by atoms with Crippen LogP contribution in [0.1, 0.15) is 46.5 Å². The Kier molecular flexibility index (Phi) is 2.93. The van der Waals surface area contributed by atoms with Crippen molar-refractivity contribution in [3.05, 3.63) is 23.2 Å². The number of carbonyl (C=O) groups is 2. The Balaban J connectivity index is 1.78. The van der Waals surface area contributed by atoms with E-state index in [4.69, 9.17) is 9.47 Å². The van der Waals surface area contributed by atoms with Crippen molar-refractivity contribution < 1.29 is 19.1 Å². The van der Waals surface area contributed by atoms with Gasteiger partial charge in [-0.05, 0) is 39.7 Å². The van der Waals surface area contributed by atoms with Crippen molar-refractivity contribution in [3.63, 3.8) is 0 Å². The number of ether oxygens (including phenoxy) is 2. The molecule has 1 saturated carbocycles. The quantitative estimate of drug-likeness (QED) is 0.646. The lowest BCUT2D eigenvalue weighted by Crippen LogP contribution is -2.48. The van der Waals surface area contributed by atoms with E-state index in [2.05, 4.69) is 6.08 Å². The van der Waals surface area contributed by atoms with Gasteiger partial charge in [0.15, 0.2) is 11.6 Å². The molecule has 0 radical (unpaired) electrons. The van der Waals surface area contributed by atoms with Gasteiger partial charge in [0, 0.05) is 11.5 Å². The summed E-state index contributed by atoms with van der Waals surface area (Å²) < 4.78 is 12.2. The second-order valence-corrected chi connectivity index (χ2v) is 7.50. The van der Waals surface area contributed by atoms with E-state index in [1.54, 1.807) is 20.8 Å². The zero-order valence-corrected chi connectivity index (χ0v) is 13.3. The standard InChI is InChI=1S/C18H22O4/c1-9-14-13(17(20)18(2,3)16(9)19)15-12(22-14)8-10-6-4-5-7-11(10)21-15/h8,10-11,13,15H,4-7H2,1-3H3. The molecule has 2 aliphatic carbocycles. The minimum absolute atomic E-state index is 0.0687. The Morgan fingerprint density at radius 1 is 1.18 bits per heavy atom. The van der Waals surface area contributed by atoms with Gasteiger partial charge >= 0.3 is 0 Å². The molecule has 22 heavy (non-hydrogen) atoms. The maximum Gasteiger partial charge on any atom is 0.174 e. The zero-order chi connectivity index (χ0) is 15.6. The van der Waals surface area contributed by atoms with Gasteiger partial charge in [0.1, 0.15) is 23.5 Å².